The Morgan fingerprint density at radius 1 is 1.33 bits per heavy atom. The lowest BCUT2D eigenvalue weighted by atomic mass is 10.3. The standard InChI is InChI=1S/C11H8FN2S/c1-2-9(12)11-4-3-10(15-11)8-5-13-7-14-6-8/h2-7H,1H2/b9-2+. The molecule has 0 amide bonds. The van der Waals surface area contributed by atoms with Gasteiger partial charge >= 0.3 is 0 Å². The van der Waals surface area contributed by atoms with Gasteiger partial charge in [-0.3, -0.25) is 0 Å². The summed E-state index contributed by atoms with van der Waals surface area (Å²) in [6.45, 7) is 3.39. The van der Waals surface area contributed by atoms with E-state index in [2.05, 4.69) is 16.9 Å². The van der Waals surface area contributed by atoms with Crippen molar-refractivity contribution in [3.8, 4) is 10.4 Å². The average molecular weight is 219 g/mol. The monoisotopic (exact) mass is 219 g/mol. The predicted molar refractivity (Wildman–Crippen MR) is 59.8 cm³/mol. The number of nitrogens with zero attached hydrogens (tertiary/aromatic N) is 2. The number of aromatic nitrogens is 2. The molecule has 0 aliphatic carbocycles. The second-order valence-electron chi connectivity index (χ2n) is 2.84. The first-order valence-electron chi connectivity index (χ1n) is 4.31. The Morgan fingerprint density at radius 3 is 2.73 bits per heavy atom. The summed E-state index contributed by atoms with van der Waals surface area (Å²) in [5.74, 6) is -0.303. The Bertz CT molecular complexity index is 476. The highest BCUT2D eigenvalue weighted by atomic mass is 32.1. The summed E-state index contributed by atoms with van der Waals surface area (Å²) in [5, 5.41) is 0. The molecule has 0 unspecified atom stereocenters. The fourth-order valence-electron chi connectivity index (χ4n) is 1.15. The van der Waals surface area contributed by atoms with Crippen molar-refractivity contribution >= 4 is 17.2 Å². The van der Waals surface area contributed by atoms with Gasteiger partial charge in [-0.25, -0.2) is 14.4 Å². The SMILES string of the molecule is [CH2]/C=C(/F)c1ccc(-c2cncnc2)s1. The van der Waals surface area contributed by atoms with Gasteiger partial charge in [-0.1, -0.05) is 0 Å². The largest absolute Gasteiger partial charge is 0.244 e. The van der Waals surface area contributed by atoms with Crippen LogP contribution in [0.2, 0.25) is 0 Å². The smallest absolute Gasteiger partial charge is 0.136 e. The minimum atomic E-state index is -0.303. The first-order chi connectivity index (χ1) is 7.31. The van der Waals surface area contributed by atoms with E-state index < -0.39 is 0 Å². The van der Waals surface area contributed by atoms with Gasteiger partial charge in [0, 0.05) is 22.8 Å². The maximum Gasteiger partial charge on any atom is 0.136 e. The minimum absolute atomic E-state index is 0.303. The van der Waals surface area contributed by atoms with E-state index in [9.17, 15) is 4.39 Å². The Balaban J connectivity index is 2.36. The van der Waals surface area contributed by atoms with Crippen LogP contribution in [0.3, 0.4) is 0 Å². The number of rotatable bonds is 2. The summed E-state index contributed by atoms with van der Waals surface area (Å²) < 4.78 is 13.2. The number of thiophene rings is 1. The number of halogens is 1. The first-order valence-corrected chi connectivity index (χ1v) is 5.13. The molecule has 75 valence electrons. The molecule has 15 heavy (non-hydrogen) atoms. The summed E-state index contributed by atoms with van der Waals surface area (Å²) in [4.78, 5) is 9.34. The van der Waals surface area contributed by atoms with Crippen molar-refractivity contribution in [3.05, 3.63) is 48.7 Å². The predicted octanol–water partition coefficient (Wildman–Crippen LogP) is 3.35. The molecule has 2 aromatic rings. The molecule has 0 fully saturated rings. The first kappa shape index (κ1) is 9.98. The van der Waals surface area contributed by atoms with Crippen molar-refractivity contribution in [2.75, 3.05) is 0 Å². The molecule has 0 spiro atoms. The van der Waals surface area contributed by atoms with Gasteiger partial charge in [0.2, 0.25) is 0 Å². The zero-order chi connectivity index (χ0) is 10.7. The lowest BCUT2D eigenvalue weighted by Crippen LogP contribution is -1.77. The lowest BCUT2D eigenvalue weighted by Gasteiger charge is -1.93. The number of allylic oxidation sites excluding steroid dienone is 1. The maximum absolute atomic E-state index is 13.2. The van der Waals surface area contributed by atoms with Gasteiger partial charge in [-0.2, -0.15) is 0 Å². The highest BCUT2D eigenvalue weighted by Gasteiger charge is 2.05. The van der Waals surface area contributed by atoms with Crippen LogP contribution in [0.4, 0.5) is 4.39 Å². The second kappa shape index (κ2) is 4.31. The molecule has 0 aliphatic heterocycles. The summed E-state index contributed by atoms with van der Waals surface area (Å²) in [6.07, 6.45) is 6.08. The molecule has 0 atom stereocenters. The molecule has 1 radical (unpaired) electrons. The van der Waals surface area contributed by atoms with Crippen molar-refractivity contribution in [1.82, 2.24) is 9.97 Å². The van der Waals surface area contributed by atoms with Crippen molar-refractivity contribution in [2.45, 2.75) is 0 Å². The van der Waals surface area contributed by atoms with Gasteiger partial charge in [0.15, 0.2) is 0 Å². The van der Waals surface area contributed by atoms with E-state index in [-0.39, 0.29) is 5.83 Å². The van der Waals surface area contributed by atoms with E-state index in [4.69, 9.17) is 0 Å². The van der Waals surface area contributed by atoms with Crippen LogP contribution in [-0.2, 0) is 0 Å². The quantitative estimate of drug-likeness (QED) is 0.774. The molecular formula is C11H8FN2S. The van der Waals surface area contributed by atoms with E-state index in [0.717, 1.165) is 10.4 Å². The van der Waals surface area contributed by atoms with Crippen LogP contribution in [-0.4, -0.2) is 9.97 Å². The lowest BCUT2D eigenvalue weighted by molar-refractivity contribution is 0.764. The molecule has 0 aliphatic rings. The molecule has 0 aromatic carbocycles. The van der Waals surface area contributed by atoms with Crippen LogP contribution in [0.5, 0.6) is 0 Å². The number of hydrogen-bond acceptors (Lipinski definition) is 3. The topological polar surface area (TPSA) is 25.8 Å². The Kier molecular flexibility index (Phi) is 2.87. The maximum atomic E-state index is 13.2. The van der Waals surface area contributed by atoms with E-state index in [1.165, 1.54) is 23.7 Å². The normalized spacial score (nSPS) is 11.7. The molecule has 2 rings (SSSR count). The molecule has 0 N–H and O–H groups in total. The average Bonchev–Trinajstić information content (AvgIpc) is 2.78. The summed E-state index contributed by atoms with van der Waals surface area (Å²) in [6, 6.07) is 3.58. The molecule has 2 heterocycles. The van der Waals surface area contributed by atoms with Gasteiger partial charge in [0.25, 0.3) is 0 Å². The van der Waals surface area contributed by atoms with Gasteiger partial charge in [-0.15, -0.1) is 11.3 Å². The van der Waals surface area contributed by atoms with Crippen LogP contribution in [0.25, 0.3) is 16.3 Å². The third kappa shape index (κ3) is 2.10. The van der Waals surface area contributed by atoms with E-state index >= 15 is 0 Å². The van der Waals surface area contributed by atoms with Crippen molar-refractivity contribution < 1.29 is 4.39 Å². The van der Waals surface area contributed by atoms with E-state index in [1.807, 2.05) is 6.07 Å². The molecule has 0 bridgehead atoms. The summed E-state index contributed by atoms with van der Waals surface area (Å²) in [5.41, 5.74) is 0.894. The molecule has 2 nitrogen and oxygen atoms in total. The van der Waals surface area contributed by atoms with Crippen LogP contribution in [0.1, 0.15) is 4.88 Å². The third-order valence-corrected chi connectivity index (χ3v) is 3.01. The summed E-state index contributed by atoms with van der Waals surface area (Å²) in [7, 11) is 0. The molecule has 4 heteroatoms. The second-order valence-corrected chi connectivity index (χ2v) is 3.93. The Hall–Kier alpha value is -1.55. The van der Waals surface area contributed by atoms with Crippen molar-refractivity contribution in [2.24, 2.45) is 0 Å². The molecule has 2 aromatic heterocycles. The third-order valence-electron chi connectivity index (χ3n) is 1.87. The van der Waals surface area contributed by atoms with Gasteiger partial charge < -0.3 is 0 Å². The Labute approximate surface area is 91.1 Å². The fraction of sp³-hybridized carbons (Fsp3) is 0. The van der Waals surface area contributed by atoms with Crippen LogP contribution < -0.4 is 0 Å². The molecule has 0 saturated carbocycles. The zero-order valence-electron chi connectivity index (χ0n) is 7.85. The van der Waals surface area contributed by atoms with E-state index in [0.29, 0.717) is 4.88 Å². The zero-order valence-corrected chi connectivity index (χ0v) is 8.67. The van der Waals surface area contributed by atoms with Crippen molar-refractivity contribution in [3.63, 3.8) is 0 Å². The van der Waals surface area contributed by atoms with Gasteiger partial charge in [0.1, 0.15) is 12.2 Å². The molecule has 0 saturated heterocycles. The Morgan fingerprint density at radius 2 is 2.07 bits per heavy atom. The van der Waals surface area contributed by atoms with Crippen LogP contribution in [0.15, 0.2) is 36.9 Å². The summed E-state index contributed by atoms with van der Waals surface area (Å²) >= 11 is 1.36. The van der Waals surface area contributed by atoms with Crippen molar-refractivity contribution in [1.29, 1.82) is 0 Å². The van der Waals surface area contributed by atoms with Crippen LogP contribution in [0, 0.1) is 6.92 Å². The highest BCUT2D eigenvalue weighted by molar-refractivity contribution is 7.16. The van der Waals surface area contributed by atoms with Gasteiger partial charge in [0.05, 0.1) is 4.88 Å². The number of hydrogen-bond donors (Lipinski definition) is 0. The fourth-order valence-corrected chi connectivity index (χ4v) is 2.06. The minimum Gasteiger partial charge on any atom is -0.244 e. The van der Waals surface area contributed by atoms with E-state index in [1.54, 1.807) is 18.5 Å². The van der Waals surface area contributed by atoms with Gasteiger partial charge in [-0.05, 0) is 25.1 Å². The molecular weight excluding hydrogens is 211 g/mol. The van der Waals surface area contributed by atoms with Crippen LogP contribution >= 0.6 is 11.3 Å². The highest BCUT2D eigenvalue weighted by Crippen LogP contribution is 2.31.